The lowest BCUT2D eigenvalue weighted by molar-refractivity contribution is -0.136. The highest BCUT2D eigenvalue weighted by Gasteiger charge is 2.36. The van der Waals surface area contributed by atoms with Gasteiger partial charge in [0, 0.05) is 6.42 Å². The van der Waals surface area contributed by atoms with Gasteiger partial charge in [0.1, 0.15) is 34.7 Å². The van der Waals surface area contributed by atoms with Crippen molar-refractivity contribution in [3.63, 3.8) is 0 Å². The third-order valence-electron chi connectivity index (χ3n) is 12.1. The second-order valence-corrected chi connectivity index (χ2v) is 22.3. The number of aliphatic hydroxyl groups is 1. The molecule has 0 radical (unpaired) electrons. The largest absolute Gasteiger partial charge is 0.394 e. The quantitative estimate of drug-likeness (QED) is 0.0384. The number of hydrogen-bond donors (Lipinski definition) is 12. The van der Waals surface area contributed by atoms with Gasteiger partial charge >= 0.3 is 0 Å². The van der Waals surface area contributed by atoms with Gasteiger partial charge in [-0.15, -0.1) is 0 Å². The average Bonchev–Trinajstić information content (AvgIpc) is 3.30. The first-order valence-corrected chi connectivity index (χ1v) is 26.6. The number of aliphatic hydroxyl groups excluding tert-OH is 1. The number of unbranched alkanes of at least 4 members (excludes halogenated alkanes) is 4. The second kappa shape index (κ2) is 33.9. The van der Waals surface area contributed by atoms with E-state index in [0.717, 1.165) is 25.7 Å². The van der Waals surface area contributed by atoms with Gasteiger partial charge in [-0.3, -0.25) is 52.7 Å². The van der Waals surface area contributed by atoms with Crippen LogP contribution in [-0.2, 0) is 52.7 Å². The molecule has 0 aromatic rings. The van der Waals surface area contributed by atoms with E-state index in [9.17, 15) is 57.8 Å². The lowest BCUT2D eigenvalue weighted by atomic mass is 9.97. The predicted molar refractivity (Wildman–Crippen MR) is 285 cm³/mol. The molecule has 12 N–H and O–H groups in total. The fraction of sp³-hybridized carbons (Fsp3) is 0.788. The maximum Gasteiger partial charge on any atom is 0.245 e. The van der Waals surface area contributed by atoms with Gasteiger partial charge in [-0.2, -0.15) is 0 Å². The molecular formula is C52H95N11O12. The molecule has 0 unspecified atom stereocenters. The lowest BCUT2D eigenvalue weighted by Gasteiger charge is -2.29. The van der Waals surface area contributed by atoms with Crippen LogP contribution in [-0.4, -0.2) is 144 Å². The summed E-state index contributed by atoms with van der Waals surface area (Å²) >= 11 is 0. The van der Waals surface area contributed by atoms with Crippen molar-refractivity contribution < 1.29 is 57.8 Å². The maximum absolute atomic E-state index is 13.5. The molecule has 0 aliphatic heterocycles. The van der Waals surface area contributed by atoms with Crippen molar-refractivity contribution in [2.24, 2.45) is 23.7 Å². The minimum Gasteiger partial charge on any atom is -0.394 e. The standard InChI is InChI=1S/C52H95N11O12/c1-16-18-19-20-21-22-38(65)61-50(10,11)47(73)55-28-41(68)59-37(25-33(7)8)45(71)62-51(12,13)48(74)54-26-39(66)53-27-40(67)58-36(24-32(5)6)44(70)63-52(14,15)49(75)56-29-42(69)60-43(34(9)17-2)46(72)57-35(30-64)23-31(3)4/h31-37,43,64H,16-30H2,1-15H3,(H,53,66)(H,54,74)(H,55,73)(H,56,75)(H,57,72)(H,58,67)(H,59,68)(H,60,69)(H,61,65)(H,62,71)(H,63,70)/t34-,35-,36-,37-,43-/m0/s1. The highest BCUT2D eigenvalue weighted by Crippen LogP contribution is 2.14. The van der Waals surface area contributed by atoms with Gasteiger partial charge in [-0.05, 0) is 90.9 Å². The SMILES string of the molecule is CCCCCCCC(=O)NC(C)(C)C(=O)NCC(=O)N[C@@H](CC(C)C)C(=O)NC(C)(C)C(=O)NCC(=O)NCC(=O)N[C@@H](CC(C)C)C(=O)NC(C)(C)C(=O)NCC(=O)N[C@H](C(=O)N[C@H](CO)CC(C)C)[C@@H](C)CC. The maximum atomic E-state index is 13.5. The summed E-state index contributed by atoms with van der Waals surface area (Å²) in [5, 5.41) is 38.0. The molecule has 0 saturated heterocycles. The summed E-state index contributed by atoms with van der Waals surface area (Å²) in [6.45, 7) is 23.1. The normalized spacial score (nSPS) is 13.7. The molecule has 23 nitrogen and oxygen atoms in total. The highest BCUT2D eigenvalue weighted by molar-refractivity contribution is 5.98. The van der Waals surface area contributed by atoms with Crippen LogP contribution in [0.3, 0.4) is 0 Å². The van der Waals surface area contributed by atoms with Crippen LogP contribution < -0.4 is 58.5 Å². The number of nitrogens with one attached hydrogen (secondary N) is 11. The topological polar surface area (TPSA) is 340 Å². The monoisotopic (exact) mass is 1070 g/mol. The van der Waals surface area contributed by atoms with Crippen LogP contribution in [0, 0.1) is 23.7 Å². The molecular weight excluding hydrogens is 971 g/mol. The summed E-state index contributed by atoms with van der Waals surface area (Å²) in [7, 11) is 0. The van der Waals surface area contributed by atoms with Gasteiger partial charge in [0.15, 0.2) is 0 Å². The predicted octanol–water partition coefficient (Wildman–Crippen LogP) is 0.612. The molecule has 23 heteroatoms. The van der Waals surface area contributed by atoms with E-state index in [-0.39, 0.29) is 55.4 Å². The Morgan fingerprint density at radius 1 is 0.427 bits per heavy atom. The van der Waals surface area contributed by atoms with E-state index in [2.05, 4.69) is 65.4 Å². The Kier molecular flexibility index (Phi) is 31.3. The van der Waals surface area contributed by atoms with Crippen LogP contribution in [0.1, 0.15) is 168 Å². The summed E-state index contributed by atoms with van der Waals surface area (Å²) in [5.74, 6) is -7.38. The van der Waals surface area contributed by atoms with Gasteiger partial charge in [-0.25, -0.2) is 0 Å². The molecule has 0 rings (SSSR count). The lowest BCUT2D eigenvalue weighted by Crippen LogP contribution is -2.61. The summed E-state index contributed by atoms with van der Waals surface area (Å²) in [6.07, 6.45) is 6.48. The molecule has 0 fully saturated rings. The van der Waals surface area contributed by atoms with Gasteiger partial charge < -0.3 is 63.6 Å². The van der Waals surface area contributed by atoms with Crippen LogP contribution in [0.25, 0.3) is 0 Å². The van der Waals surface area contributed by atoms with Gasteiger partial charge in [0.05, 0.1) is 38.8 Å². The number of rotatable bonds is 36. The molecule has 11 amide bonds. The van der Waals surface area contributed by atoms with Gasteiger partial charge in [0.25, 0.3) is 0 Å². The third-order valence-corrected chi connectivity index (χ3v) is 12.1. The zero-order valence-electron chi connectivity index (χ0n) is 47.7. The minimum atomic E-state index is -1.59. The molecule has 0 spiro atoms. The Morgan fingerprint density at radius 3 is 1.21 bits per heavy atom. The Bertz CT molecular complexity index is 1920. The third kappa shape index (κ3) is 28.6. The minimum absolute atomic E-state index is 0.0799. The number of hydrogen-bond acceptors (Lipinski definition) is 12. The second-order valence-electron chi connectivity index (χ2n) is 22.3. The molecule has 0 aliphatic carbocycles. The van der Waals surface area contributed by atoms with Crippen LogP contribution >= 0.6 is 0 Å². The molecule has 0 saturated carbocycles. The van der Waals surface area contributed by atoms with Crippen LogP contribution in [0.2, 0.25) is 0 Å². The summed E-state index contributed by atoms with van der Waals surface area (Å²) in [5.41, 5.74) is -4.48. The Balaban J connectivity index is 5.36. The van der Waals surface area contributed by atoms with Gasteiger partial charge in [0.2, 0.25) is 65.0 Å². The van der Waals surface area contributed by atoms with Crippen LogP contribution in [0.4, 0.5) is 0 Å². The molecule has 0 heterocycles. The van der Waals surface area contributed by atoms with Crippen molar-refractivity contribution in [3.8, 4) is 0 Å². The number of carbonyl (C=O) groups is 11. The van der Waals surface area contributed by atoms with E-state index in [1.165, 1.54) is 41.5 Å². The zero-order valence-corrected chi connectivity index (χ0v) is 47.7. The molecule has 5 atom stereocenters. The van der Waals surface area contributed by atoms with Crippen molar-refractivity contribution in [2.45, 2.75) is 209 Å². The fourth-order valence-electron chi connectivity index (χ4n) is 7.51. The van der Waals surface area contributed by atoms with Crippen LogP contribution in [0.5, 0.6) is 0 Å². The summed E-state index contributed by atoms with van der Waals surface area (Å²) in [6, 6.07) is -3.69. The first-order valence-electron chi connectivity index (χ1n) is 26.6. The van der Waals surface area contributed by atoms with Crippen molar-refractivity contribution in [1.82, 2.24) is 58.5 Å². The number of amides is 11. The summed E-state index contributed by atoms with van der Waals surface area (Å²) in [4.78, 5) is 144. The summed E-state index contributed by atoms with van der Waals surface area (Å²) < 4.78 is 0. The van der Waals surface area contributed by atoms with E-state index in [1.54, 1.807) is 6.92 Å². The molecule has 0 aromatic heterocycles. The first-order chi connectivity index (χ1) is 34.7. The van der Waals surface area contributed by atoms with Crippen molar-refractivity contribution >= 4 is 65.0 Å². The molecule has 0 aliphatic rings. The Hall–Kier alpha value is -5.87. The Labute approximate surface area is 445 Å². The smallest absolute Gasteiger partial charge is 0.245 e. The van der Waals surface area contributed by atoms with E-state index in [0.29, 0.717) is 19.3 Å². The number of carbonyl (C=O) groups excluding carboxylic acids is 11. The van der Waals surface area contributed by atoms with E-state index >= 15 is 0 Å². The van der Waals surface area contributed by atoms with Gasteiger partial charge in [-0.1, -0.05) is 94.4 Å². The van der Waals surface area contributed by atoms with Crippen LogP contribution in [0.15, 0.2) is 0 Å². The fourth-order valence-corrected chi connectivity index (χ4v) is 7.51. The van der Waals surface area contributed by atoms with Crippen molar-refractivity contribution in [3.05, 3.63) is 0 Å². The molecule has 75 heavy (non-hydrogen) atoms. The molecule has 0 aromatic carbocycles. The highest BCUT2D eigenvalue weighted by atomic mass is 16.3. The Morgan fingerprint density at radius 2 is 0.813 bits per heavy atom. The van der Waals surface area contributed by atoms with E-state index in [1.807, 2.05) is 48.5 Å². The molecule has 430 valence electrons. The van der Waals surface area contributed by atoms with Crippen molar-refractivity contribution in [2.75, 3.05) is 32.8 Å². The zero-order chi connectivity index (χ0) is 57.9. The first kappa shape index (κ1) is 69.1. The average molecular weight is 1070 g/mol. The van der Waals surface area contributed by atoms with E-state index in [4.69, 9.17) is 0 Å². The van der Waals surface area contributed by atoms with Crippen molar-refractivity contribution in [1.29, 1.82) is 0 Å². The molecule has 0 bridgehead atoms. The van der Waals surface area contributed by atoms with E-state index < -0.39 is 126 Å².